The van der Waals surface area contributed by atoms with E-state index in [0.717, 1.165) is 26.9 Å². The first-order valence-corrected chi connectivity index (χ1v) is 7.71. The summed E-state index contributed by atoms with van der Waals surface area (Å²) in [5.41, 5.74) is 3.42. The number of ether oxygens (including phenoxy) is 1. The molecule has 0 aliphatic rings. The van der Waals surface area contributed by atoms with Crippen molar-refractivity contribution >= 4 is 11.3 Å². The molecule has 3 nitrogen and oxygen atoms in total. The van der Waals surface area contributed by atoms with Gasteiger partial charge in [0.05, 0.1) is 6.61 Å². The first-order chi connectivity index (χ1) is 10.3. The second kappa shape index (κ2) is 6.06. The minimum atomic E-state index is 0.676. The SMILES string of the molecule is CCOc1ccc(-c2nnc(-c3ccc(C)cc3)s2)cc1. The maximum atomic E-state index is 5.45. The van der Waals surface area contributed by atoms with Crippen molar-refractivity contribution in [2.75, 3.05) is 6.61 Å². The molecule has 0 amide bonds. The second-order valence-electron chi connectivity index (χ2n) is 4.74. The molecule has 0 fully saturated rings. The van der Waals surface area contributed by atoms with Crippen LogP contribution in [-0.4, -0.2) is 16.8 Å². The Morgan fingerprint density at radius 3 is 1.90 bits per heavy atom. The summed E-state index contributed by atoms with van der Waals surface area (Å²) in [6.07, 6.45) is 0. The summed E-state index contributed by atoms with van der Waals surface area (Å²) in [5, 5.41) is 10.4. The lowest BCUT2D eigenvalue weighted by atomic mass is 10.2. The van der Waals surface area contributed by atoms with Crippen LogP contribution in [-0.2, 0) is 0 Å². The molecule has 0 bridgehead atoms. The smallest absolute Gasteiger partial charge is 0.148 e. The van der Waals surface area contributed by atoms with Crippen molar-refractivity contribution in [1.29, 1.82) is 0 Å². The first kappa shape index (κ1) is 13.8. The Morgan fingerprint density at radius 1 is 0.857 bits per heavy atom. The third kappa shape index (κ3) is 3.11. The van der Waals surface area contributed by atoms with Gasteiger partial charge in [-0.2, -0.15) is 0 Å². The predicted molar refractivity (Wildman–Crippen MR) is 86.7 cm³/mol. The van der Waals surface area contributed by atoms with Gasteiger partial charge in [-0.1, -0.05) is 41.2 Å². The summed E-state index contributed by atoms with van der Waals surface area (Å²) >= 11 is 1.60. The van der Waals surface area contributed by atoms with Gasteiger partial charge in [-0.3, -0.25) is 0 Å². The summed E-state index contributed by atoms with van der Waals surface area (Å²) in [4.78, 5) is 0. The second-order valence-corrected chi connectivity index (χ2v) is 5.71. The zero-order valence-corrected chi connectivity index (χ0v) is 12.9. The molecule has 0 aliphatic heterocycles. The van der Waals surface area contributed by atoms with E-state index in [2.05, 4.69) is 41.4 Å². The summed E-state index contributed by atoms with van der Waals surface area (Å²) in [6.45, 7) is 4.73. The molecule has 1 aromatic heterocycles. The van der Waals surface area contributed by atoms with Crippen LogP contribution in [0.3, 0.4) is 0 Å². The molecule has 0 atom stereocenters. The summed E-state index contributed by atoms with van der Waals surface area (Å²) in [6, 6.07) is 16.3. The summed E-state index contributed by atoms with van der Waals surface area (Å²) < 4.78 is 5.45. The quantitative estimate of drug-likeness (QED) is 0.707. The number of nitrogens with zero attached hydrogens (tertiary/aromatic N) is 2. The molecule has 106 valence electrons. The van der Waals surface area contributed by atoms with Gasteiger partial charge in [0.25, 0.3) is 0 Å². The zero-order valence-electron chi connectivity index (χ0n) is 12.0. The van der Waals surface area contributed by atoms with Crippen molar-refractivity contribution in [1.82, 2.24) is 10.2 Å². The fourth-order valence-electron chi connectivity index (χ4n) is 2.01. The van der Waals surface area contributed by atoms with Crippen molar-refractivity contribution in [3.63, 3.8) is 0 Å². The van der Waals surface area contributed by atoms with Crippen LogP contribution in [0.1, 0.15) is 12.5 Å². The van der Waals surface area contributed by atoms with E-state index < -0.39 is 0 Å². The molecule has 0 saturated carbocycles. The van der Waals surface area contributed by atoms with E-state index in [1.165, 1.54) is 5.56 Å². The Bertz CT molecular complexity index is 717. The molecule has 1 heterocycles. The van der Waals surface area contributed by atoms with E-state index in [4.69, 9.17) is 4.74 Å². The molecule has 21 heavy (non-hydrogen) atoms. The fourth-order valence-corrected chi connectivity index (χ4v) is 2.87. The van der Waals surface area contributed by atoms with Crippen molar-refractivity contribution < 1.29 is 4.74 Å². The number of aryl methyl sites for hydroxylation is 1. The predicted octanol–water partition coefficient (Wildman–Crippen LogP) is 4.58. The highest BCUT2D eigenvalue weighted by Crippen LogP contribution is 2.30. The van der Waals surface area contributed by atoms with E-state index in [0.29, 0.717) is 6.61 Å². The van der Waals surface area contributed by atoms with Crippen molar-refractivity contribution in [3.05, 3.63) is 54.1 Å². The molecule has 0 spiro atoms. The van der Waals surface area contributed by atoms with Gasteiger partial charge in [0.15, 0.2) is 0 Å². The Balaban J connectivity index is 1.85. The van der Waals surface area contributed by atoms with Gasteiger partial charge >= 0.3 is 0 Å². The van der Waals surface area contributed by atoms with Crippen molar-refractivity contribution in [2.45, 2.75) is 13.8 Å². The van der Waals surface area contributed by atoms with Gasteiger partial charge in [0.2, 0.25) is 0 Å². The van der Waals surface area contributed by atoms with E-state index in [-0.39, 0.29) is 0 Å². The lowest BCUT2D eigenvalue weighted by molar-refractivity contribution is 0.340. The average molecular weight is 296 g/mol. The van der Waals surface area contributed by atoms with Crippen LogP contribution in [0.2, 0.25) is 0 Å². The first-order valence-electron chi connectivity index (χ1n) is 6.90. The van der Waals surface area contributed by atoms with Crippen LogP contribution in [0.4, 0.5) is 0 Å². The molecule has 0 saturated heterocycles. The van der Waals surface area contributed by atoms with E-state index >= 15 is 0 Å². The Hall–Kier alpha value is -2.20. The third-order valence-electron chi connectivity index (χ3n) is 3.14. The maximum absolute atomic E-state index is 5.45. The normalized spacial score (nSPS) is 10.6. The Labute approximate surface area is 128 Å². The Morgan fingerprint density at radius 2 is 1.38 bits per heavy atom. The third-order valence-corrected chi connectivity index (χ3v) is 4.16. The van der Waals surface area contributed by atoms with Crippen LogP contribution in [0.15, 0.2) is 48.5 Å². The monoisotopic (exact) mass is 296 g/mol. The number of aromatic nitrogens is 2. The minimum absolute atomic E-state index is 0.676. The topological polar surface area (TPSA) is 35.0 Å². The highest BCUT2D eigenvalue weighted by Gasteiger charge is 2.08. The van der Waals surface area contributed by atoms with Gasteiger partial charge in [-0.25, -0.2) is 0 Å². The molecule has 3 rings (SSSR count). The van der Waals surface area contributed by atoms with E-state index in [1.54, 1.807) is 11.3 Å². The van der Waals surface area contributed by atoms with Crippen LogP contribution in [0.5, 0.6) is 5.75 Å². The van der Waals surface area contributed by atoms with Crippen molar-refractivity contribution in [3.8, 4) is 26.9 Å². The highest BCUT2D eigenvalue weighted by atomic mass is 32.1. The maximum Gasteiger partial charge on any atom is 0.148 e. The molecule has 0 unspecified atom stereocenters. The van der Waals surface area contributed by atoms with E-state index in [9.17, 15) is 0 Å². The highest BCUT2D eigenvalue weighted by molar-refractivity contribution is 7.17. The molecule has 4 heteroatoms. The van der Waals surface area contributed by atoms with Gasteiger partial charge in [0, 0.05) is 11.1 Å². The van der Waals surface area contributed by atoms with Gasteiger partial charge in [0.1, 0.15) is 15.8 Å². The van der Waals surface area contributed by atoms with Crippen molar-refractivity contribution in [2.24, 2.45) is 0 Å². The number of hydrogen-bond donors (Lipinski definition) is 0. The molecule has 3 aromatic rings. The van der Waals surface area contributed by atoms with Gasteiger partial charge in [-0.05, 0) is 38.1 Å². The number of benzene rings is 2. The van der Waals surface area contributed by atoms with Crippen LogP contribution in [0.25, 0.3) is 21.1 Å². The molecule has 2 aromatic carbocycles. The van der Waals surface area contributed by atoms with Gasteiger partial charge < -0.3 is 4.74 Å². The zero-order chi connectivity index (χ0) is 14.7. The van der Waals surface area contributed by atoms with Crippen LogP contribution in [0, 0.1) is 6.92 Å². The number of rotatable bonds is 4. The lowest BCUT2D eigenvalue weighted by Gasteiger charge is -2.02. The minimum Gasteiger partial charge on any atom is -0.494 e. The molecule has 0 aliphatic carbocycles. The van der Waals surface area contributed by atoms with Crippen LogP contribution < -0.4 is 4.74 Å². The lowest BCUT2D eigenvalue weighted by Crippen LogP contribution is -1.90. The standard InChI is InChI=1S/C17H16N2OS/c1-3-20-15-10-8-14(9-11-15)17-19-18-16(21-17)13-6-4-12(2)5-7-13/h4-11H,3H2,1-2H3. The molecule has 0 N–H and O–H groups in total. The molecular weight excluding hydrogens is 280 g/mol. The van der Waals surface area contributed by atoms with Gasteiger partial charge in [-0.15, -0.1) is 10.2 Å². The van der Waals surface area contributed by atoms with Crippen LogP contribution >= 0.6 is 11.3 Å². The summed E-state index contributed by atoms with van der Waals surface area (Å²) in [7, 11) is 0. The average Bonchev–Trinajstić information content (AvgIpc) is 2.99. The fraction of sp³-hybridized carbons (Fsp3) is 0.176. The molecular formula is C17H16N2OS. The largest absolute Gasteiger partial charge is 0.494 e. The summed E-state index contributed by atoms with van der Waals surface area (Å²) in [5.74, 6) is 0.879. The molecule has 0 radical (unpaired) electrons. The number of hydrogen-bond acceptors (Lipinski definition) is 4. The van der Waals surface area contributed by atoms with E-state index in [1.807, 2.05) is 31.2 Å². The Kier molecular flexibility index (Phi) is 3.97.